The molecular weight excluding hydrogens is 480 g/mol. The molecule has 0 atom stereocenters. The molecule has 0 saturated carbocycles. The number of hydrogen-bond donors (Lipinski definition) is 1. The summed E-state index contributed by atoms with van der Waals surface area (Å²) in [5, 5.41) is 7.30. The van der Waals surface area contributed by atoms with Crippen molar-refractivity contribution in [1.82, 2.24) is 14.6 Å². The van der Waals surface area contributed by atoms with Gasteiger partial charge in [-0.05, 0) is 54.1 Å². The zero-order valence-electron chi connectivity index (χ0n) is 18.0. The molecule has 182 valence electrons. The number of rotatable bonds is 10. The van der Waals surface area contributed by atoms with Crippen LogP contribution in [0.2, 0.25) is 0 Å². The maximum Gasteiger partial charge on any atom is 0.282 e. The number of hydrazone groups is 1. The molecule has 1 heterocycles. The Morgan fingerprint density at radius 1 is 1.03 bits per heavy atom. The molecule has 0 aliphatic rings. The fourth-order valence-corrected chi connectivity index (χ4v) is 3.79. The fourth-order valence-electron chi connectivity index (χ4n) is 3.00. The molecule has 0 aliphatic heterocycles. The summed E-state index contributed by atoms with van der Waals surface area (Å²) in [4.78, 5) is 2.03. The molecule has 2 aromatic carbocycles. The summed E-state index contributed by atoms with van der Waals surface area (Å²) in [6.07, 6.45) is -4.81. The van der Waals surface area contributed by atoms with E-state index in [2.05, 4.69) is 15.0 Å². The molecule has 34 heavy (non-hydrogen) atoms. The number of ether oxygens (including phenoxy) is 2. The minimum atomic E-state index is -3.94. The Labute approximate surface area is 192 Å². The predicted molar refractivity (Wildman–Crippen MR) is 115 cm³/mol. The summed E-state index contributed by atoms with van der Waals surface area (Å²) >= 11 is 0. The first-order valence-electron chi connectivity index (χ1n) is 9.64. The van der Waals surface area contributed by atoms with Gasteiger partial charge in [0.2, 0.25) is 0 Å². The van der Waals surface area contributed by atoms with Gasteiger partial charge in [0, 0.05) is 5.56 Å². The lowest BCUT2D eigenvalue weighted by Crippen LogP contribution is -2.18. The topological polar surface area (TPSA) is 94.8 Å². The lowest BCUT2D eigenvalue weighted by Gasteiger charge is -2.12. The molecule has 1 N–H and O–H groups in total. The van der Waals surface area contributed by atoms with Crippen LogP contribution in [0.15, 0.2) is 58.5 Å². The molecule has 3 aromatic rings. The Kier molecular flexibility index (Phi) is 7.76. The average molecular weight is 500 g/mol. The fraction of sp³-hybridized carbons (Fsp3) is 0.238. The van der Waals surface area contributed by atoms with Crippen LogP contribution in [-0.2, 0) is 16.6 Å². The van der Waals surface area contributed by atoms with E-state index in [0.717, 1.165) is 4.68 Å². The van der Waals surface area contributed by atoms with Gasteiger partial charge in [-0.2, -0.15) is 18.6 Å². The quantitative estimate of drug-likeness (QED) is 0.257. The van der Waals surface area contributed by atoms with E-state index in [9.17, 15) is 26.0 Å². The minimum Gasteiger partial charge on any atom is -0.497 e. The van der Waals surface area contributed by atoms with Crippen molar-refractivity contribution < 1.29 is 35.5 Å². The zero-order valence-corrected chi connectivity index (χ0v) is 18.8. The van der Waals surface area contributed by atoms with E-state index in [-0.39, 0.29) is 11.4 Å². The lowest BCUT2D eigenvalue weighted by atomic mass is 10.1. The van der Waals surface area contributed by atoms with Crippen LogP contribution >= 0.6 is 0 Å². The van der Waals surface area contributed by atoms with Gasteiger partial charge in [0.05, 0.1) is 31.9 Å². The molecule has 0 saturated heterocycles. The van der Waals surface area contributed by atoms with Crippen molar-refractivity contribution in [2.75, 3.05) is 14.2 Å². The van der Waals surface area contributed by atoms with Gasteiger partial charge in [-0.1, -0.05) is 0 Å². The second-order valence-corrected chi connectivity index (χ2v) is 8.51. The van der Waals surface area contributed by atoms with Crippen LogP contribution in [0.5, 0.6) is 11.5 Å². The van der Waals surface area contributed by atoms with E-state index in [4.69, 9.17) is 9.47 Å². The Morgan fingerprint density at radius 3 is 2.32 bits per heavy atom. The molecule has 0 fully saturated rings. The molecule has 0 aliphatic carbocycles. The molecule has 3 rings (SSSR count). The summed E-state index contributed by atoms with van der Waals surface area (Å²) in [6.45, 7) is -0.283. The van der Waals surface area contributed by atoms with Crippen LogP contribution in [-0.4, -0.2) is 38.6 Å². The number of methoxy groups -OCH3 is 2. The van der Waals surface area contributed by atoms with Gasteiger partial charge in [-0.25, -0.2) is 22.4 Å². The average Bonchev–Trinajstić information content (AvgIpc) is 3.24. The van der Waals surface area contributed by atoms with Gasteiger partial charge < -0.3 is 9.47 Å². The van der Waals surface area contributed by atoms with Crippen molar-refractivity contribution in [2.24, 2.45) is 5.10 Å². The molecule has 13 heteroatoms. The van der Waals surface area contributed by atoms with Crippen LogP contribution in [0.3, 0.4) is 0 Å². The van der Waals surface area contributed by atoms with Gasteiger partial charge in [0.25, 0.3) is 22.9 Å². The van der Waals surface area contributed by atoms with Crippen LogP contribution in [0.25, 0.3) is 0 Å². The Hall–Kier alpha value is -3.61. The van der Waals surface area contributed by atoms with Gasteiger partial charge in [0.15, 0.2) is 0 Å². The van der Waals surface area contributed by atoms with Crippen LogP contribution in [0, 0.1) is 0 Å². The van der Waals surface area contributed by atoms with Crippen molar-refractivity contribution in [3.8, 4) is 11.5 Å². The van der Waals surface area contributed by atoms with Gasteiger partial charge in [0.1, 0.15) is 22.9 Å². The first-order chi connectivity index (χ1) is 16.1. The van der Waals surface area contributed by atoms with E-state index in [1.165, 1.54) is 56.8 Å². The minimum absolute atomic E-state index is 0.0334. The number of nitrogens with one attached hydrogen (secondary N) is 1. The second kappa shape index (κ2) is 10.5. The molecule has 0 amide bonds. The smallest absolute Gasteiger partial charge is 0.282 e. The van der Waals surface area contributed by atoms with E-state index in [1.807, 2.05) is 0 Å². The number of nitrogens with zero attached hydrogens (tertiary/aromatic N) is 3. The standard InChI is InChI=1S/C21H20F4N4O4S/c1-32-15-4-6-16(7-5-15)34(30,31)28-26-11-13-3-8-19(33-2)14(9-13)12-29-18(21(24)25)10-17(27-29)20(22)23/h3-11,20-21,28H,12H2,1-2H3. The first kappa shape index (κ1) is 25.0. The largest absolute Gasteiger partial charge is 0.497 e. The number of halogens is 4. The second-order valence-electron chi connectivity index (χ2n) is 6.85. The normalized spacial score (nSPS) is 12.0. The highest BCUT2D eigenvalue weighted by Crippen LogP contribution is 2.27. The Bertz CT molecular complexity index is 1260. The Morgan fingerprint density at radius 2 is 1.74 bits per heavy atom. The van der Waals surface area contributed by atoms with E-state index in [0.29, 0.717) is 28.7 Å². The van der Waals surface area contributed by atoms with E-state index >= 15 is 0 Å². The zero-order chi connectivity index (χ0) is 24.9. The van der Waals surface area contributed by atoms with Crippen molar-refractivity contribution in [1.29, 1.82) is 0 Å². The van der Waals surface area contributed by atoms with Crippen LogP contribution < -0.4 is 14.3 Å². The summed E-state index contributed by atoms with van der Waals surface area (Å²) in [5.74, 6) is 0.784. The molecular formula is C21H20F4N4O4S. The Balaban J connectivity index is 1.82. The monoisotopic (exact) mass is 500 g/mol. The number of hydrogen-bond acceptors (Lipinski definition) is 6. The summed E-state index contributed by atoms with van der Waals surface area (Å²) in [6, 6.07) is 10.9. The summed E-state index contributed by atoms with van der Waals surface area (Å²) in [5.41, 5.74) is -0.688. The molecule has 0 bridgehead atoms. The third-order valence-electron chi connectivity index (χ3n) is 4.66. The maximum atomic E-state index is 13.3. The summed E-state index contributed by atoms with van der Waals surface area (Å²) in [7, 11) is -1.13. The van der Waals surface area contributed by atoms with E-state index in [1.54, 1.807) is 6.07 Å². The molecule has 0 radical (unpaired) electrons. The molecule has 0 unspecified atom stereocenters. The van der Waals surface area contributed by atoms with Crippen molar-refractivity contribution in [3.05, 3.63) is 71.0 Å². The summed E-state index contributed by atoms with van der Waals surface area (Å²) < 4.78 is 88.2. The van der Waals surface area contributed by atoms with Gasteiger partial charge in [-0.3, -0.25) is 4.68 Å². The first-order valence-corrected chi connectivity index (χ1v) is 11.1. The van der Waals surface area contributed by atoms with E-state index < -0.39 is 34.3 Å². The number of benzene rings is 2. The number of aromatic nitrogens is 2. The van der Waals surface area contributed by atoms with Crippen LogP contribution in [0.1, 0.15) is 35.4 Å². The van der Waals surface area contributed by atoms with Gasteiger partial charge in [-0.15, -0.1) is 0 Å². The molecule has 8 nitrogen and oxygen atoms in total. The highest BCUT2D eigenvalue weighted by atomic mass is 32.2. The lowest BCUT2D eigenvalue weighted by molar-refractivity contribution is 0.139. The van der Waals surface area contributed by atoms with Crippen LogP contribution in [0.4, 0.5) is 17.6 Å². The number of sulfonamides is 1. The molecule has 0 spiro atoms. The third-order valence-corrected chi connectivity index (χ3v) is 5.90. The predicted octanol–water partition coefficient (Wildman–Crippen LogP) is 4.14. The van der Waals surface area contributed by atoms with Gasteiger partial charge >= 0.3 is 0 Å². The molecule has 1 aromatic heterocycles. The third kappa shape index (κ3) is 5.84. The number of alkyl halides is 4. The van der Waals surface area contributed by atoms with Crippen molar-refractivity contribution >= 4 is 16.2 Å². The maximum absolute atomic E-state index is 13.3. The highest BCUT2D eigenvalue weighted by molar-refractivity contribution is 7.89. The SMILES string of the molecule is COc1ccc(S(=O)(=O)NN=Cc2ccc(OC)c(Cn3nc(C(F)F)cc3C(F)F)c2)cc1. The van der Waals surface area contributed by atoms with Crippen molar-refractivity contribution in [2.45, 2.75) is 24.3 Å². The highest BCUT2D eigenvalue weighted by Gasteiger charge is 2.22. The van der Waals surface area contributed by atoms with Crippen molar-refractivity contribution in [3.63, 3.8) is 0 Å².